The van der Waals surface area contributed by atoms with Crippen LogP contribution in [-0.4, -0.2) is 35.6 Å². The molecule has 3 nitrogen and oxygen atoms in total. The van der Waals surface area contributed by atoms with Crippen molar-refractivity contribution in [1.29, 1.82) is 0 Å². The maximum atomic E-state index is 13.0. The summed E-state index contributed by atoms with van der Waals surface area (Å²) in [5.74, 6) is 0.928. The molecule has 116 valence electrons. The normalized spacial score (nSPS) is 19.3. The number of aliphatic hydroxyl groups excluding tert-OH is 1. The summed E-state index contributed by atoms with van der Waals surface area (Å²) in [6.07, 6.45) is 2.84. The summed E-state index contributed by atoms with van der Waals surface area (Å²) in [5, 5.41) is 9.23. The van der Waals surface area contributed by atoms with Crippen LogP contribution in [0.4, 0.5) is 0 Å². The van der Waals surface area contributed by atoms with Gasteiger partial charge in [0, 0.05) is 19.7 Å². The molecule has 0 saturated carbocycles. The monoisotopic (exact) mass is 289 g/mol. The Labute approximate surface area is 128 Å². The van der Waals surface area contributed by atoms with Gasteiger partial charge in [0.15, 0.2) is 0 Å². The summed E-state index contributed by atoms with van der Waals surface area (Å²) in [4.78, 5) is 15.0. The molecule has 1 heterocycles. The topological polar surface area (TPSA) is 40.5 Å². The first-order chi connectivity index (χ1) is 10.2. The molecule has 1 aliphatic heterocycles. The first kappa shape index (κ1) is 16.0. The van der Waals surface area contributed by atoms with E-state index in [-0.39, 0.29) is 18.4 Å². The lowest BCUT2D eigenvalue weighted by molar-refractivity contribution is -0.135. The number of nitrogens with zero attached hydrogens (tertiary/aromatic N) is 1. The Hall–Kier alpha value is -1.35. The Morgan fingerprint density at radius 2 is 1.90 bits per heavy atom. The molecule has 2 atom stereocenters. The number of rotatable bonds is 5. The molecule has 0 aliphatic carbocycles. The second kappa shape index (κ2) is 7.60. The summed E-state index contributed by atoms with van der Waals surface area (Å²) >= 11 is 0. The Bertz CT molecular complexity index is 438. The van der Waals surface area contributed by atoms with Gasteiger partial charge in [0.25, 0.3) is 0 Å². The van der Waals surface area contributed by atoms with Gasteiger partial charge in [-0.2, -0.15) is 0 Å². The van der Waals surface area contributed by atoms with Crippen molar-refractivity contribution in [3.63, 3.8) is 0 Å². The number of amides is 1. The largest absolute Gasteiger partial charge is 0.396 e. The van der Waals surface area contributed by atoms with E-state index >= 15 is 0 Å². The highest BCUT2D eigenvalue weighted by Gasteiger charge is 2.31. The summed E-state index contributed by atoms with van der Waals surface area (Å²) in [5.41, 5.74) is 1.13. The van der Waals surface area contributed by atoms with Gasteiger partial charge >= 0.3 is 0 Å². The summed E-state index contributed by atoms with van der Waals surface area (Å²) < 4.78 is 0. The Morgan fingerprint density at radius 3 is 2.43 bits per heavy atom. The van der Waals surface area contributed by atoms with Crippen LogP contribution in [0.1, 0.15) is 44.6 Å². The van der Waals surface area contributed by atoms with Crippen LogP contribution in [0.15, 0.2) is 30.3 Å². The zero-order chi connectivity index (χ0) is 15.2. The minimum absolute atomic E-state index is 0.0399. The van der Waals surface area contributed by atoms with E-state index in [0.29, 0.717) is 11.8 Å². The predicted molar refractivity (Wildman–Crippen MR) is 85.0 cm³/mol. The molecule has 0 spiro atoms. The molecule has 0 aromatic heterocycles. The van der Waals surface area contributed by atoms with Crippen LogP contribution in [0.5, 0.6) is 0 Å². The predicted octanol–water partition coefficient (Wildman–Crippen LogP) is 3.05. The fraction of sp³-hybridized carbons (Fsp3) is 0.611. The van der Waals surface area contributed by atoms with E-state index in [9.17, 15) is 9.90 Å². The zero-order valence-corrected chi connectivity index (χ0v) is 13.2. The maximum absolute atomic E-state index is 13.0. The highest BCUT2D eigenvalue weighted by molar-refractivity contribution is 5.84. The van der Waals surface area contributed by atoms with Gasteiger partial charge in [-0.3, -0.25) is 4.79 Å². The number of carbonyl (C=O) groups is 1. The molecule has 0 radical (unpaired) electrons. The first-order valence-electron chi connectivity index (χ1n) is 8.12. The molecule has 1 aromatic rings. The third-order valence-electron chi connectivity index (χ3n) is 4.82. The minimum Gasteiger partial charge on any atom is -0.396 e. The van der Waals surface area contributed by atoms with Gasteiger partial charge < -0.3 is 10.0 Å². The number of aliphatic hydroxyl groups is 1. The van der Waals surface area contributed by atoms with Crippen molar-refractivity contribution >= 4 is 5.91 Å². The molecule has 1 aromatic carbocycles. The van der Waals surface area contributed by atoms with Gasteiger partial charge in [-0.1, -0.05) is 50.6 Å². The van der Waals surface area contributed by atoms with Crippen LogP contribution >= 0.6 is 0 Å². The second-order valence-electron chi connectivity index (χ2n) is 6.23. The second-order valence-corrected chi connectivity index (χ2v) is 6.23. The van der Waals surface area contributed by atoms with Crippen LogP contribution in [0.2, 0.25) is 0 Å². The number of benzene rings is 1. The number of hydrogen-bond acceptors (Lipinski definition) is 2. The van der Waals surface area contributed by atoms with E-state index in [4.69, 9.17) is 0 Å². The third-order valence-corrected chi connectivity index (χ3v) is 4.82. The van der Waals surface area contributed by atoms with Crippen molar-refractivity contribution in [3.8, 4) is 0 Å². The standard InChI is InChI=1S/C18H27NO2/c1-3-14(2)17(16-7-5-4-6-8-16)18(21)19-11-9-15(13-20)10-12-19/h4-8,14-15,17,20H,3,9-13H2,1-2H3. The van der Waals surface area contributed by atoms with Gasteiger partial charge in [-0.25, -0.2) is 0 Å². The van der Waals surface area contributed by atoms with E-state index in [1.807, 2.05) is 23.1 Å². The Morgan fingerprint density at radius 1 is 1.29 bits per heavy atom. The molecule has 1 aliphatic rings. The van der Waals surface area contributed by atoms with Crippen molar-refractivity contribution in [1.82, 2.24) is 4.90 Å². The summed E-state index contributed by atoms with van der Waals surface area (Å²) in [7, 11) is 0. The van der Waals surface area contributed by atoms with Gasteiger partial charge in [-0.05, 0) is 30.2 Å². The SMILES string of the molecule is CCC(C)C(C(=O)N1CCC(CO)CC1)c1ccccc1. The molecular formula is C18H27NO2. The quantitative estimate of drug-likeness (QED) is 0.905. The van der Waals surface area contributed by atoms with Crippen LogP contribution in [0.3, 0.4) is 0 Å². The molecule has 1 amide bonds. The van der Waals surface area contributed by atoms with E-state index in [2.05, 4.69) is 26.0 Å². The smallest absolute Gasteiger partial charge is 0.230 e. The third kappa shape index (κ3) is 3.85. The van der Waals surface area contributed by atoms with E-state index in [1.165, 1.54) is 0 Å². The van der Waals surface area contributed by atoms with E-state index in [1.54, 1.807) is 0 Å². The Balaban J connectivity index is 2.12. The number of likely N-dealkylation sites (tertiary alicyclic amines) is 1. The molecule has 2 rings (SSSR count). The molecule has 0 bridgehead atoms. The molecule has 21 heavy (non-hydrogen) atoms. The molecule has 1 fully saturated rings. The zero-order valence-electron chi connectivity index (χ0n) is 13.2. The van der Waals surface area contributed by atoms with Crippen LogP contribution in [0.25, 0.3) is 0 Å². The lowest BCUT2D eigenvalue weighted by Gasteiger charge is -2.35. The van der Waals surface area contributed by atoms with Crippen molar-refractivity contribution in [2.24, 2.45) is 11.8 Å². The molecule has 2 unspecified atom stereocenters. The van der Waals surface area contributed by atoms with E-state index < -0.39 is 0 Å². The fourth-order valence-corrected chi connectivity index (χ4v) is 3.14. The average Bonchev–Trinajstić information content (AvgIpc) is 2.55. The van der Waals surface area contributed by atoms with Crippen molar-refractivity contribution in [3.05, 3.63) is 35.9 Å². The van der Waals surface area contributed by atoms with Gasteiger partial charge in [-0.15, -0.1) is 0 Å². The van der Waals surface area contributed by atoms with Crippen LogP contribution < -0.4 is 0 Å². The summed E-state index contributed by atoms with van der Waals surface area (Å²) in [6, 6.07) is 10.1. The fourth-order valence-electron chi connectivity index (χ4n) is 3.14. The maximum Gasteiger partial charge on any atom is 0.230 e. The molecular weight excluding hydrogens is 262 g/mol. The van der Waals surface area contributed by atoms with Crippen LogP contribution in [0, 0.1) is 11.8 Å². The van der Waals surface area contributed by atoms with Crippen molar-refractivity contribution in [2.45, 2.75) is 39.0 Å². The molecule has 1 N–H and O–H groups in total. The lowest BCUT2D eigenvalue weighted by Crippen LogP contribution is -2.43. The minimum atomic E-state index is -0.0399. The highest BCUT2D eigenvalue weighted by atomic mass is 16.3. The van der Waals surface area contributed by atoms with Crippen molar-refractivity contribution in [2.75, 3.05) is 19.7 Å². The number of piperidine rings is 1. The van der Waals surface area contributed by atoms with Gasteiger partial charge in [0.1, 0.15) is 0 Å². The summed E-state index contributed by atoms with van der Waals surface area (Å²) in [6.45, 7) is 6.12. The number of carbonyl (C=O) groups excluding carboxylic acids is 1. The molecule has 1 saturated heterocycles. The van der Waals surface area contributed by atoms with Crippen LogP contribution in [-0.2, 0) is 4.79 Å². The van der Waals surface area contributed by atoms with Gasteiger partial charge in [0.2, 0.25) is 5.91 Å². The van der Waals surface area contributed by atoms with Gasteiger partial charge in [0.05, 0.1) is 5.92 Å². The number of hydrogen-bond donors (Lipinski definition) is 1. The lowest BCUT2D eigenvalue weighted by atomic mass is 9.83. The molecule has 3 heteroatoms. The Kier molecular flexibility index (Phi) is 5.80. The first-order valence-corrected chi connectivity index (χ1v) is 8.12. The average molecular weight is 289 g/mol. The van der Waals surface area contributed by atoms with Crippen molar-refractivity contribution < 1.29 is 9.90 Å². The highest BCUT2D eigenvalue weighted by Crippen LogP contribution is 2.30. The van der Waals surface area contributed by atoms with E-state index in [0.717, 1.165) is 37.9 Å².